The number of carbonyl (C=O) groups is 3. The van der Waals surface area contributed by atoms with Crippen molar-refractivity contribution < 1.29 is 19.1 Å². The van der Waals surface area contributed by atoms with E-state index in [1.54, 1.807) is 42.5 Å². The monoisotopic (exact) mass is 396 g/mol. The van der Waals surface area contributed by atoms with Crippen molar-refractivity contribution in [3.05, 3.63) is 48.5 Å². The summed E-state index contributed by atoms with van der Waals surface area (Å²) >= 11 is 0. The Labute approximate surface area is 169 Å². The van der Waals surface area contributed by atoms with Crippen LogP contribution in [0.1, 0.15) is 19.8 Å². The summed E-state index contributed by atoms with van der Waals surface area (Å²) < 4.78 is 5.26. The molecular weight excluding hydrogens is 372 g/mol. The van der Waals surface area contributed by atoms with Crippen LogP contribution in [-0.4, -0.2) is 42.4 Å². The zero-order valence-corrected chi connectivity index (χ0v) is 16.4. The van der Waals surface area contributed by atoms with E-state index < -0.39 is 6.04 Å². The highest BCUT2D eigenvalue weighted by molar-refractivity contribution is 6.00. The molecule has 4 amide bonds. The molecule has 0 unspecified atom stereocenters. The molecule has 152 valence electrons. The number of anilines is 3. The van der Waals surface area contributed by atoms with Gasteiger partial charge >= 0.3 is 6.03 Å². The van der Waals surface area contributed by atoms with Gasteiger partial charge in [-0.1, -0.05) is 18.2 Å². The van der Waals surface area contributed by atoms with E-state index >= 15 is 0 Å². The van der Waals surface area contributed by atoms with Gasteiger partial charge in [0.2, 0.25) is 11.8 Å². The minimum Gasteiger partial charge on any atom is -0.495 e. The quantitative estimate of drug-likeness (QED) is 0.722. The van der Waals surface area contributed by atoms with Gasteiger partial charge in [-0.2, -0.15) is 0 Å². The van der Waals surface area contributed by atoms with E-state index in [0.29, 0.717) is 35.8 Å². The van der Waals surface area contributed by atoms with Gasteiger partial charge in [0.05, 0.1) is 12.8 Å². The molecule has 1 saturated heterocycles. The Balaban J connectivity index is 1.67. The van der Waals surface area contributed by atoms with E-state index in [4.69, 9.17) is 4.74 Å². The number of hydrogen-bond donors (Lipinski definition) is 3. The van der Waals surface area contributed by atoms with Crippen LogP contribution < -0.4 is 20.7 Å². The van der Waals surface area contributed by atoms with Gasteiger partial charge in [-0.25, -0.2) is 4.79 Å². The Bertz CT molecular complexity index is 915. The normalized spacial score (nSPS) is 15.5. The molecule has 1 heterocycles. The number of para-hydroxylation sites is 2. The van der Waals surface area contributed by atoms with Crippen molar-refractivity contribution in [1.82, 2.24) is 4.90 Å². The number of hydrogen-bond acceptors (Lipinski definition) is 4. The largest absolute Gasteiger partial charge is 0.495 e. The number of methoxy groups -OCH3 is 1. The fraction of sp³-hybridized carbons (Fsp3) is 0.286. The number of nitrogens with one attached hydrogen (secondary N) is 3. The second-order valence-electron chi connectivity index (χ2n) is 6.73. The molecular formula is C21H24N4O4. The summed E-state index contributed by atoms with van der Waals surface area (Å²) in [6, 6.07) is 13.1. The summed E-state index contributed by atoms with van der Waals surface area (Å²) in [5.41, 5.74) is 1.69. The van der Waals surface area contributed by atoms with Crippen molar-refractivity contribution in [3.8, 4) is 5.75 Å². The van der Waals surface area contributed by atoms with Crippen LogP contribution in [0.2, 0.25) is 0 Å². The third kappa shape index (κ3) is 5.04. The molecule has 1 fully saturated rings. The van der Waals surface area contributed by atoms with E-state index in [2.05, 4.69) is 16.0 Å². The minimum atomic E-state index is -0.575. The molecule has 0 saturated carbocycles. The van der Waals surface area contributed by atoms with Crippen LogP contribution in [0.4, 0.5) is 21.9 Å². The van der Waals surface area contributed by atoms with E-state index in [9.17, 15) is 14.4 Å². The van der Waals surface area contributed by atoms with Crippen molar-refractivity contribution in [3.63, 3.8) is 0 Å². The summed E-state index contributed by atoms with van der Waals surface area (Å²) in [6.45, 7) is 1.91. The highest BCUT2D eigenvalue weighted by Crippen LogP contribution is 2.26. The Morgan fingerprint density at radius 3 is 2.45 bits per heavy atom. The first kappa shape index (κ1) is 20.2. The zero-order valence-electron chi connectivity index (χ0n) is 16.4. The van der Waals surface area contributed by atoms with Gasteiger partial charge in [-0.05, 0) is 43.2 Å². The lowest BCUT2D eigenvalue weighted by molar-refractivity contribution is -0.119. The molecule has 0 spiro atoms. The molecule has 1 aliphatic heterocycles. The van der Waals surface area contributed by atoms with Crippen molar-refractivity contribution in [2.45, 2.75) is 25.8 Å². The van der Waals surface area contributed by atoms with Crippen LogP contribution in [-0.2, 0) is 9.59 Å². The van der Waals surface area contributed by atoms with Gasteiger partial charge in [-0.15, -0.1) is 0 Å². The van der Waals surface area contributed by atoms with Crippen molar-refractivity contribution in [2.75, 3.05) is 29.6 Å². The first-order valence-corrected chi connectivity index (χ1v) is 9.37. The molecule has 0 aromatic heterocycles. The van der Waals surface area contributed by atoms with Gasteiger partial charge in [0.15, 0.2) is 0 Å². The molecule has 2 aromatic carbocycles. The van der Waals surface area contributed by atoms with Crippen LogP contribution in [0.5, 0.6) is 5.75 Å². The van der Waals surface area contributed by atoms with Crippen LogP contribution in [0.15, 0.2) is 48.5 Å². The first-order valence-electron chi connectivity index (χ1n) is 9.37. The lowest BCUT2D eigenvalue weighted by atomic mass is 10.2. The van der Waals surface area contributed by atoms with Gasteiger partial charge in [0, 0.05) is 24.8 Å². The number of amides is 4. The minimum absolute atomic E-state index is 0.191. The molecule has 1 atom stereocenters. The standard InChI is InChI=1S/C21H24N4O4/c1-14(26)22-15-7-5-8-16(13-15)23-20(27)18-10-6-12-25(18)21(28)24-17-9-3-4-11-19(17)29-2/h3-5,7-9,11,13,18H,6,10,12H2,1-2H3,(H,22,26)(H,23,27)(H,24,28)/t18-/m0/s1. The summed E-state index contributed by atoms with van der Waals surface area (Å²) in [4.78, 5) is 38.3. The first-order chi connectivity index (χ1) is 14.0. The molecule has 2 aromatic rings. The maximum Gasteiger partial charge on any atom is 0.322 e. The summed E-state index contributed by atoms with van der Waals surface area (Å²) in [7, 11) is 1.53. The lowest BCUT2D eigenvalue weighted by Crippen LogP contribution is -2.45. The Morgan fingerprint density at radius 2 is 1.72 bits per heavy atom. The molecule has 0 radical (unpaired) electrons. The fourth-order valence-corrected chi connectivity index (χ4v) is 3.32. The van der Waals surface area contributed by atoms with Crippen LogP contribution >= 0.6 is 0 Å². The fourth-order valence-electron chi connectivity index (χ4n) is 3.32. The Kier molecular flexibility index (Phi) is 6.33. The predicted octanol–water partition coefficient (Wildman–Crippen LogP) is 3.29. The Hall–Kier alpha value is -3.55. The zero-order chi connectivity index (χ0) is 20.8. The molecule has 3 N–H and O–H groups in total. The van der Waals surface area contributed by atoms with Gasteiger partial charge in [0.1, 0.15) is 11.8 Å². The van der Waals surface area contributed by atoms with Crippen molar-refractivity contribution >= 4 is 34.9 Å². The average molecular weight is 396 g/mol. The average Bonchev–Trinajstić information content (AvgIpc) is 3.18. The number of nitrogens with zero attached hydrogens (tertiary/aromatic N) is 1. The van der Waals surface area contributed by atoms with E-state index in [1.165, 1.54) is 18.9 Å². The predicted molar refractivity (Wildman–Crippen MR) is 111 cm³/mol. The molecule has 1 aliphatic rings. The summed E-state index contributed by atoms with van der Waals surface area (Å²) in [6.07, 6.45) is 1.32. The number of carbonyl (C=O) groups excluding carboxylic acids is 3. The second-order valence-corrected chi connectivity index (χ2v) is 6.73. The molecule has 29 heavy (non-hydrogen) atoms. The Morgan fingerprint density at radius 1 is 1.00 bits per heavy atom. The van der Waals surface area contributed by atoms with Crippen LogP contribution in [0.25, 0.3) is 0 Å². The number of ether oxygens (including phenoxy) is 1. The molecule has 3 rings (SSSR count). The summed E-state index contributed by atoms with van der Waals surface area (Å²) in [5, 5.41) is 8.33. The lowest BCUT2D eigenvalue weighted by Gasteiger charge is -2.24. The summed E-state index contributed by atoms with van der Waals surface area (Å²) in [5.74, 6) is 0.0944. The van der Waals surface area contributed by atoms with Gasteiger partial charge in [-0.3, -0.25) is 9.59 Å². The number of rotatable bonds is 5. The molecule has 0 aliphatic carbocycles. The van der Waals surface area contributed by atoms with Crippen LogP contribution in [0, 0.1) is 0 Å². The van der Waals surface area contributed by atoms with Crippen molar-refractivity contribution in [1.29, 1.82) is 0 Å². The topological polar surface area (TPSA) is 99.8 Å². The number of benzene rings is 2. The number of urea groups is 1. The van der Waals surface area contributed by atoms with Crippen molar-refractivity contribution in [2.24, 2.45) is 0 Å². The highest BCUT2D eigenvalue weighted by Gasteiger charge is 2.34. The molecule has 0 bridgehead atoms. The molecule has 8 nitrogen and oxygen atoms in total. The van der Waals surface area contributed by atoms with E-state index in [-0.39, 0.29) is 17.8 Å². The maximum absolute atomic E-state index is 12.8. The van der Waals surface area contributed by atoms with E-state index in [0.717, 1.165) is 6.42 Å². The van der Waals surface area contributed by atoms with Gasteiger partial charge < -0.3 is 25.6 Å². The molecule has 8 heteroatoms. The SMILES string of the molecule is COc1ccccc1NC(=O)N1CCC[C@H]1C(=O)Nc1cccc(NC(C)=O)c1. The smallest absolute Gasteiger partial charge is 0.322 e. The van der Waals surface area contributed by atoms with Gasteiger partial charge in [0.25, 0.3) is 0 Å². The van der Waals surface area contributed by atoms with E-state index in [1.807, 2.05) is 6.07 Å². The third-order valence-electron chi connectivity index (χ3n) is 4.62. The third-order valence-corrected chi connectivity index (χ3v) is 4.62. The van der Waals surface area contributed by atoms with Crippen LogP contribution in [0.3, 0.4) is 0 Å². The highest BCUT2D eigenvalue weighted by atomic mass is 16.5. The number of likely N-dealkylation sites (tertiary alicyclic amines) is 1. The maximum atomic E-state index is 12.8. The second kappa shape index (κ2) is 9.09.